The zero-order valence-corrected chi connectivity index (χ0v) is 10.1. The van der Waals surface area contributed by atoms with Crippen molar-refractivity contribution in [1.82, 2.24) is 20.4 Å². The molecule has 0 bridgehead atoms. The van der Waals surface area contributed by atoms with Crippen molar-refractivity contribution in [1.29, 1.82) is 0 Å². The Hall–Kier alpha value is -0.590. The highest BCUT2D eigenvalue weighted by Gasteiger charge is 2.14. The molecule has 1 atom stereocenters. The highest BCUT2D eigenvalue weighted by Crippen LogP contribution is 2.16. The lowest BCUT2D eigenvalue weighted by atomic mass is 10.2. The second-order valence-electron chi connectivity index (χ2n) is 3.26. The number of nitrogens with two attached hydrogens (primary N) is 1. The number of thioether (sulfide) groups is 1. The standard InChI is InChI=1S/C9H19N5S/c1-3-5-14-9(6-11-13-14)8(12-10)7-15-4-2/h6,8,12H,3-5,7,10H2,1-2H3. The number of hydrazine groups is 1. The molecule has 0 radical (unpaired) electrons. The molecule has 6 heteroatoms. The first-order chi connectivity index (χ1) is 7.33. The molecule has 0 spiro atoms. The molecule has 0 aliphatic heterocycles. The van der Waals surface area contributed by atoms with E-state index in [0.29, 0.717) is 0 Å². The summed E-state index contributed by atoms with van der Waals surface area (Å²) in [5.74, 6) is 7.58. The van der Waals surface area contributed by atoms with E-state index >= 15 is 0 Å². The molecule has 1 unspecified atom stereocenters. The smallest absolute Gasteiger partial charge is 0.0778 e. The summed E-state index contributed by atoms with van der Waals surface area (Å²) in [5, 5.41) is 7.97. The van der Waals surface area contributed by atoms with Crippen molar-refractivity contribution in [2.75, 3.05) is 11.5 Å². The van der Waals surface area contributed by atoms with E-state index in [1.165, 1.54) is 0 Å². The Morgan fingerprint density at radius 2 is 2.40 bits per heavy atom. The van der Waals surface area contributed by atoms with Crippen LogP contribution in [0.15, 0.2) is 6.20 Å². The van der Waals surface area contributed by atoms with Crippen LogP contribution < -0.4 is 11.3 Å². The third-order valence-corrected chi connectivity index (χ3v) is 3.11. The molecule has 1 rings (SSSR count). The first-order valence-corrected chi connectivity index (χ1v) is 6.41. The molecular weight excluding hydrogens is 210 g/mol. The molecule has 1 aromatic heterocycles. The van der Waals surface area contributed by atoms with Gasteiger partial charge in [-0.25, -0.2) is 4.68 Å². The summed E-state index contributed by atoms with van der Waals surface area (Å²) in [6.45, 7) is 5.15. The van der Waals surface area contributed by atoms with Crippen molar-refractivity contribution in [3.05, 3.63) is 11.9 Å². The Bertz CT molecular complexity index is 275. The van der Waals surface area contributed by atoms with Gasteiger partial charge in [0.2, 0.25) is 0 Å². The van der Waals surface area contributed by atoms with Crippen molar-refractivity contribution in [3.63, 3.8) is 0 Å². The van der Waals surface area contributed by atoms with Crippen LogP contribution in [0, 0.1) is 0 Å². The quantitative estimate of drug-likeness (QED) is 0.538. The minimum atomic E-state index is 0.136. The summed E-state index contributed by atoms with van der Waals surface area (Å²) < 4.78 is 1.92. The summed E-state index contributed by atoms with van der Waals surface area (Å²) in [6, 6.07) is 0.136. The lowest BCUT2D eigenvalue weighted by molar-refractivity contribution is 0.501. The van der Waals surface area contributed by atoms with E-state index in [-0.39, 0.29) is 6.04 Å². The SMILES string of the molecule is CCCn1nncc1C(CSCC)NN. The average molecular weight is 229 g/mol. The second kappa shape index (κ2) is 6.81. The third-order valence-electron chi connectivity index (χ3n) is 2.13. The van der Waals surface area contributed by atoms with Crippen molar-refractivity contribution < 1.29 is 0 Å². The highest BCUT2D eigenvalue weighted by molar-refractivity contribution is 7.99. The van der Waals surface area contributed by atoms with Crippen molar-refractivity contribution in [3.8, 4) is 0 Å². The van der Waals surface area contributed by atoms with Gasteiger partial charge in [0.1, 0.15) is 0 Å². The minimum absolute atomic E-state index is 0.136. The Morgan fingerprint density at radius 1 is 1.60 bits per heavy atom. The third kappa shape index (κ3) is 3.48. The maximum absolute atomic E-state index is 5.54. The number of aromatic nitrogens is 3. The van der Waals surface area contributed by atoms with Crippen LogP contribution in [-0.2, 0) is 6.54 Å². The molecule has 0 aliphatic rings. The zero-order valence-electron chi connectivity index (χ0n) is 9.31. The van der Waals surface area contributed by atoms with Crippen LogP contribution in [-0.4, -0.2) is 26.5 Å². The molecule has 0 saturated carbocycles. The van der Waals surface area contributed by atoms with Crippen LogP contribution in [0.3, 0.4) is 0 Å². The molecule has 0 aromatic carbocycles. The fraction of sp³-hybridized carbons (Fsp3) is 0.778. The molecule has 15 heavy (non-hydrogen) atoms. The van der Waals surface area contributed by atoms with Gasteiger partial charge in [-0.1, -0.05) is 19.1 Å². The molecule has 0 saturated heterocycles. The van der Waals surface area contributed by atoms with Gasteiger partial charge in [0.15, 0.2) is 0 Å². The lowest BCUT2D eigenvalue weighted by Crippen LogP contribution is -2.31. The number of nitrogens with zero attached hydrogens (tertiary/aromatic N) is 3. The Balaban J connectivity index is 2.67. The van der Waals surface area contributed by atoms with E-state index in [2.05, 4.69) is 29.6 Å². The van der Waals surface area contributed by atoms with Gasteiger partial charge in [-0.05, 0) is 12.2 Å². The molecule has 1 heterocycles. The predicted octanol–water partition coefficient (Wildman–Crippen LogP) is 0.946. The number of rotatable bonds is 7. The number of nitrogens with one attached hydrogen (secondary N) is 1. The van der Waals surface area contributed by atoms with Crippen molar-refractivity contribution in [2.45, 2.75) is 32.9 Å². The molecule has 5 nitrogen and oxygen atoms in total. The molecule has 0 fully saturated rings. The fourth-order valence-corrected chi connectivity index (χ4v) is 2.11. The predicted molar refractivity (Wildman–Crippen MR) is 63.4 cm³/mol. The first kappa shape index (κ1) is 12.5. The summed E-state index contributed by atoms with van der Waals surface area (Å²) in [7, 11) is 0. The van der Waals surface area contributed by atoms with Gasteiger partial charge in [-0.2, -0.15) is 11.8 Å². The van der Waals surface area contributed by atoms with Crippen molar-refractivity contribution in [2.24, 2.45) is 5.84 Å². The summed E-state index contributed by atoms with van der Waals surface area (Å²) in [6.07, 6.45) is 2.84. The lowest BCUT2D eigenvalue weighted by Gasteiger charge is -2.15. The van der Waals surface area contributed by atoms with Gasteiger partial charge in [0, 0.05) is 12.3 Å². The van der Waals surface area contributed by atoms with Crippen LogP contribution in [0.2, 0.25) is 0 Å². The van der Waals surface area contributed by atoms with E-state index in [9.17, 15) is 0 Å². The average Bonchev–Trinajstić information content (AvgIpc) is 2.68. The first-order valence-electron chi connectivity index (χ1n) is 5.25. The Morgan fingerprint density at radius 3 is 3.00 bits per heavy atom. The molecular formula is C9H19N5S. The van der Waals surface area contributed by atoms with Gasteiger partial charge >= 0.3 is 0 Å². The highest BCUT2D eigenvalue weighted by atomic mass is 32.2. The van der Waals surface area contributed by atoms with Gasteiger partial charge in [-0.15, -0.1) is 5.10 Å². The minimum Gasteiger partial charge on any atom is -0.271 e. The summed E-state index contributed by atoms with van der Waals surface area (Å²) >= 11 is 1.85. The number of hydrogen-bond acceptors (Lipinski definition) is 5. The van der Waals surface area contributed by atoms with E-state index in [1.807, 2.05) is 16.4 Å². The van der Waals surface area contributed by atoms with Gasteiger partial charge in [0.25, 0.3) is 0 Å². The molecule has 1 aromatic rings. The van der Waals surface area contributed by atoms with E-state index in [4.69, 9.17) is 5.84 Å². The normalized spacial score (nSPS) is 13.0. The molecule has 0 amide bonds. The summed E-state index contributed by atoms with van der Waals surface area (Å²) in [5.41, 5.74) is 3.89. The van der Waals surface area contributed by atoms with E-state index in [0.717, 1.165) is 30.2 Å². The number of aryl methyl sites for hydroxylation is 1. The fourth-order valence-electron chi connectivity index (χ4n) is 1.38. The van der Waals surface area contributed by atoms with Gasteiger partial charge in [0.05, 0.1) is 17.9 Å². The molecule has 3 N–H and O–H groups in total. The van der Waals surface area contributed by atoms with Gasteiger partial charge < -0.3 is 0 Å². The molecule has 0 aliphatic carbocycles. The topological polar surface area (TPSA) is 68.8 Å². The number of hydrogen-bond donors (Lipinski definition) is 2. The largest absolute Gasteiger partial charge is 0.271 e. The maximum atomic E-state index is 5.54. The van der Waals surface area contributed by atoms with Crippen LogP contribution in [0.4, 0.5) is 0 Å². The van der Waals surface area contributed by atoms with Crippen LogP contribution in [0.5, 0.6) is 0 Å². The van der Waals surface area contributed by atoms with Crippen LogP contribution in [0.25, 0.3) is 0 Å². The zero-order chi connectivity index (χ0) is 11.1. The van der Waals surface area contributed by atoms with Gasteiger partial charge in [-0.3, -0.25) is 11.3 Å². The maximum Gasteiger partial charge on any atom is 0.0778 e. The molecule has 86 valence electrons. The summed E-state index contributed by atoms with van der Waals surface area (Å²) in [4.78, 5) is 0. The monoisotopic (exact) mass is 229 g/mol. The van der Waals surface area contributed by atoms with Crippen molar-refractivity contribution >= 4 is 11.8 Å². The van der Waals surface area contributed by atoms with E-state index in [1.54, 1.807) is 6.20 Å². The van der Waals surface area contributed by atoms with E-state index < -0.39 is 0 Å². The Labute approximate surface area is 94.8 Å². The Kier molecular flexibility index (Phi) is 5.67. The van der Waals surface area contributed by atoms with Crippen LogP contribution >= 0.6 is 11.8 Å². The second-order valence-corrected chi connectivity index (χ2v) is 4.58. The van der Waals surface area contributed by atoms with Crippen LogP contribution in [0.1, 0.15) is 32.0 Å².